The van der Waals surface area contributed by atoms with Crippen molar-refractivity contribution in [1.29, 1.82) is 0 Å². The van der Waals surface area contributed by atoms with Crippen molar-refractivity contribution in [2.75, 3.05) is 0 Å². The summed E-state index contributed by atoms with van der Waals surface area (Å²) in [6.45, 7) is 2.16. The fraction of sp³-hybridized carbons (Fsp3) is 0.333. The molecular formula is C9H11ClN2. The molecule has 0 spiro atoms. The first-order chi connectivity index (χ1) is 5.77. The Kier molecular flexibility index (Phi) is 1.85. The number of rotatable bonds is 0. The molecule has 0 aromatic carbocycles. The van der Waals surface area contributed by atoms with Gasteiger partial charge >= 0.3 is 0 Å². The van der Waals surface area contributed by atoms with Gasteiger partial charge in [-0.15, -0.1) is 0 Å². The van der Waals surface area contributed by atoms with Gasteiger partial charge in [0, 0.05) is 22.8 Å². The number of hydrogen-bond acceptors (Lipinski definition) is 2. The Morgan fingerprint density at radius 2 is 2.33 bits per heavy atom. The number of fused-ring (bicyclic) bond motifs is 1. The topological polar surface area (TPSA) is 24.1 Å². The van der Waals surface area contributed by atoms with Crippen LogP contribution in [0.4, 0.5) is 0 Å². The first-order valence-electron chi connectivity index (χ1n) is 4.04. The zero-order chi connectivity index (χ0) is 8.55. The smallest absolute Gasteiger partial charge is 0.0403 e. The van der Waals surface area contributed by atoms with E-state index in [2.05, 4.69) is 29.9 Å². The Morgan fingerprint density at radius 3 is 3.17 bits per heavy atom. The second-order valence-electron chi connectivity index (χ2n) is 3.16. The van der Waals surface area contributed by atoms with Gasteiger partial charge in [-0.05, 0) is 12.0 Å². The zero-order valence-corrected chi connectivity index (χ0v) is 7.60. The van der Waals surface area contributed by atoms with Crippen molar-refractivity contribution in [3.05, 3.63) is 35.2 Å². The van der Waals surface area contributed by atoms with Crippen LogP contribution in [0.25, 0.3) is 0 Å². The average molecular weight is 183 g/mol. The molecule has 2 unspecified atom stereocenters. The summed E-state index contributed by atoms with van der Waals surface area (Å²) >= 11 is 5.92. The molecule has 2 N–H and O–H groups in total. The number of nitrogens with one attached hydrogen (secondary N) is 2. The maximum Gasteiger partial charge on any atom is 0.0403 e. The summed E-state index contributed by atoms with van der Waals surface area (Å²) in [5, 5.41) is 0.818. The molecule has 2 rings (SSSR count). The van der Waals surface area contributed by atoms with Gasteiger partial charge in [-0.25, -0.2) is 0 Å². The first kappa shape index (κ1) is 7.74. The Hall–Kier alpha value is -0.890. The van der Waals surface area contributed by atoms with E-state index in [1.54, 1.807) is 0 Å². The second kappa shape index (κ2) is 2.87. The van der Waals surface area contributed by atoms with Crippen LogP contribution in [-0.2, 0) is 0 Å². The molecule has 0 radical (unpaired) electrons. The van der Waals surface area contributed by atoms with Crippen molar-refractivity contribution >= 4 is 11.6 Å². The molecule has 0 saturated carbocycles. The summed E-state index contributed by atoms with van der Waals surface area (Å²) in [4.78, 5) is 0. The van der Waals surface area contributed by atoms with Crippen LogP contribution >= 0.6 is 11.6 Å². The highest BCUT2D eigenvalue weighted by atomic mass is 35.5. The van der Waals surface area contributed by atoms with Crippen molar-refractivity contribution in [1.82, 2.24) is 10.9 Å². The summed E-state index contributed by atoms with van der Waals surface area (Å²) in [6, 6.07) is 0. The molecule has 1 aliphatic heterocycles. The Labute approximate surface area is 77.0 Å². The molecule has 3 heteroatoms. The van der Waals surface area contributed by atoms with Gasteiger partial charge in [-0.2, -0.15) is 0 Å². The van der Waals surface area contributed by atoms with Gasteiger partial charge in [-0.1, -0.05) is 30.7 Å². The lowest BCUT2D eigenvalue weighted by Crippen LogP contribution is -2.36. The van der Waals surface area contributed by atoms with Gasteiger partial charge in [0.25, 0.3) is 0 Å². The van der Waals surface area contributed by atoms with Gasteiger partial charge in [0.2, 0.25) is 0 Å². The van der Waals surface area contributed by atoms with E-state index in [4.69, 9.17) is 11.6 Å². The van der Waals surface area contributed by atoms with Crippen LogP contribution in [0.2, 0.25) is 0 Å². The van der Waals surface area contributed by atoms with E-state index in [-0.39, 0.29) is 0 Å². The fourth-order valence-corrected chi connectivity index (χ4v) is 1.92. The van der Waals surface area contributed by atoms with Gasteiger partial charge in [-0.3, -0.25) is 0 Å². The first-order valence-corrected chi connectivity index (χ1v) is 4.42. The lowest BCUT2D eigenvalue weighted by atomic mass is 9.86. The van der Waals surface area contributed by atoms with Crippen LogP contribution in [0.1, 0.15) is 6.92 Å². The van der Waals surface area contributed by atoms with E-state index in [0.29, 0.717) is 11.8 Å². The highest BCUT2D eigenvalue weighted by Crippen LogP contribution is 2.30. The van der Waals surface area contributed by atoms with Crippen LogP contribution in [0.15, 0.2) is 35.2 Å². The second-order valence-corrected chi connectivity index (χ2v) is 3.60. The molecule has 64 valence electrons. The number of allylic oxidation sites excluding steroid dienone is 4. The van der Waals surface area contributed by atoms with Crippen LogP contribution in [-0.4, -0.2) is 0 Å². The third-order valence-corrected chi connectivity index (χ3v) is 2.48. The van der Waals surface area contributed by atoms with Crippen LogP contribution in [0.5, 0.6) is 0 Å². The molecule has 2 aliphatic rings. The SMILES string of the molecule is CC1C=C(Cl)C=C2NNC=CC21. The normalized spacial score (nSPS) is 32.5. The summed E-state index contributed by atoms with van der Waals surface area (Å²) < 4.78 is 0. The minimum Gasteiger partial charge on any atom is -0.309 e. The quantitative estimate of drug-likeness (QED) is 0.598. The maximum absolute atomic E-state index is 5.92. The largest absolute Gasteiger partial charge is 0.309 e. The van der Waals surface area contributed by atoms with Crippen molar-refractivity contribution in [2.24, 2.45) is 11.8 Å². The molecule has 0 aromatic heterocycles. The van der Waals surface area contributed by atoms with E-state index in [1.165, 1.54) is 0 Å². The Bertz CT molecular complexity index is 278. The number of hydrogen-bond donors (Lipinski definition) is 2. The molecule has 0 fully saturated rings. The molecular weight excluding hydrogens is 172 g/mol. The van der Waals surface area contributed by atoms with Crippen LogP contribution < -0.4 is 10.9 Å². The minimum absolute atomic E-state index is 0.453. The predicted octanol–water partition coefficient (Wildman–Crippen LogP) is 1.88. The van der Waals surface area contributed by atoms with Crippen LogP contribution in [0, 0.1) is 11.8 Å². The van der Waals surface area contributed by atoms with E-state index in [1.807, 2.05) is 12.3 Å². The van der Waals surface area contributed by atoms with Gasteiger partial charge in [0.1, 0.15) is 0 Å². The summed E-state index contributed by atoms with van der Waals surface area (Å²) in [5.74, 6) is 0.928. The van der Waals surface area contributed by atoms with Crippen molar-refractivity contribution in [2.45, 2.75) is 6.92 Å². The van der Waals surface area contributed by atoms with Crippen molar-refractivity contribution in [3.8, 4) is 0 Å². The molecule has 0 saturated heterocycles. The monoisotopic (exact) mass is 182 g/mol. The van der Waals surface area contributed by atoms with Gasteiger partial charge in [0.05, 0.1) is 0 Å². The van der Waals surface area contributed by atoms with Crippen molar-refractivity contribution in [3.63, 3.8) is 0 Å². The third-order valence-electron chi connectivity index (χ3n) is 2.24. The van der Waals surface area contributed by atoms with Crippen LogP contribution in [0.3, 0.4) is 0 Å². The Balaban J connectivity index is 2.33. The number of hydrazine groups is 1. The fourth-order valence-electron chi connectivity index (χ4n) is 1.61. The van der Waals surface area contributed by atoms with Gasteiger partial charge < -0.3 is 10.9 Å². The molecule has 2 atom stereocenters. The molecule has 0 bridgehead atoms. The lowest BCUT2D eigenvalue weighted by Gasteiger charge is -2.29. The predicted molar refractivity (Wildman–Crippen MR) is 50.1 cm³/mol. The molecule has 2 nitrogen and oxygen atoms in total. The van der Waals surface area contributed by atoms with Crippen molar-refractivity contribution < 1.29 is 0 Å². The average Bonchev–Trinajstić information content (AvgIpc) is 2.04. The maximum atomic E-state index is 5.92. The highest BCUT2D eigenvalue weighted by Gasteiger charge is 2.23. The molecule has 1 heterocycles. The van der Waals surface area contributed by atoms with E-state index in [9.17, 15) is 0 Å². The number of halogens is 1. The summed E-state index contributed by atoms with van der Waals surface area (Å²) in [5.41, 5.74) is 7.17. The lowest BCUT2D eigenvalue weighted by molar-refractivity contribution is 0.490. The standard InChI is InChI=1S/C9H11ClN2/c1-6-4-7(10)5-9-8(6)2-3-11-12-9/h2-6,8,11-12H,1H3. The molecule has 0 amide bonds. The minimum atomic E-state index is 0.453. The molecule has 1 aliphatic carbocycles. The Morgan fingerprint density at radius 1 is 1.50 bits per heavy atom. The van der Waals surface area contributed by atoms with Gasteiger partial charge in [0.15, 0.2) is 0 Å². The summed E-state index contributed by atoms with van der Waals surface area (Å²) in [7, 11) is 0. The van der Waals surface area contributed by atoms with E-state index >= 15 is 0 Å². The third kappa shape index (κ3) is 1.23. The zero-order valence-electron chi connectivity index (χ0n) is 6.84. The van der Waals surface area contributed by atoms with E-state index in [0.717, 1.165) is 10.7 Å². The van der Waals surface area contributed by atoms with E-state index < -0.39 is 0 Å². The highest BCUT2D eigenvalue weighted by molar-refractivity contribution is 6.31. The summed E-state index contributed by atoms with van der Waals surface area (Å²) in [6.07, 6.45) is 8.11. The molecule has 12 heavy (non-hydrogen) atoms. The molecule has 0 aromatic rings.